The third kappa shape index (κ3) is 1.61. The number of aryl methyl sites for hydroxylation is 3. The van der Waals surface area contributed by atoms with Crippen LogP contribution in [0, 0.1) is 13.8 Å². The van der Waals surface area contributed by atoms with E-state index >= 15 is 0 Å². The molecule has 1 aromatic heterocycles. The average Bonchev–Trinajstić information content (AvgIpc) is 2.48. The fraction of sp³-hybridized carbons (Fsp3) is 0.250. The van der Waals surface area contributed by atoms with Gasteiger partial charge >= 0.3 is 0 Å². The van der Waals surface area contributed by atoms with E-state index < -0.39 is 0 Å². The quantitative estimate of drug-likeness (QED) is 0.771. The SMILES string of the molecule is Cc1cc(O)ccc1-c1c(C)ncn1C. The van der Waals surface area contributed by atoms with Crippen molar-refractivity contribution >= 4 is 0 Å². The molecule has 1 aromatic carbocycles. The number of rotatable bonds is 1. The maximum absolute atomic E-state index is 9.35. The molecule has 3 heteroatoms. The van der Waals surface area contributed by atoms with Gasteiger partial charge in [-0.25, -0.2) is 4.98 Å². The van der Waals surface area contributed by atoms with Crippen molar-refractivity contribution < 1.29 is 5.11 Å². The second-order valence-electron chi connectivity index (χ2n) is 3.79. The number of hydrogen-bond acceptors (Lipinski definition) is 2. The van der Waals surface area contributed by atoms with Crippen molar-refractivity contribution in [3.63, 3.8) is 0 Å². The van der Waals surface area contributed by atoms with Crippen LogP contribution in [0.5, 0.6) is 5.75 Å². The lowest BCUT2D eigenvalue weighted by Crippen LogP contribution is -1.93. The van der Waals surface area contributed by atoms with E-state index in [1.165, 1.54) is 0 Å². The van der Waals surface area contributed by atoms with Crippen LogP contribution < -0.4 is 0 Å². The molecule has 0 bridgehead atoms. The van der Waals surface area contributed by atoms with E-state index in [4.69, 9.17) is 0 Å². The standard InChI is InChI=1S/C12H14N2O/c1-8-6-10(15)4-5-11(8)12-9(2)13-7-14(12)3/h4-7,15H,1-3H3. The molecule has 0 atom stereocenters. The van der Waals surface area contributed by atoms with Gasteiger partial charge in [0.1, 0.15) is 5.75 Å². The largest absolute Gasteiger partial charge is 0.508 e. The Balaban J connectivity index is 2.64. The maximum Gasteiger partial charge on any atom is 0.115 e. The summed E-state index contributed by atoms with van der Waals surface area (Å²) < 4.78 is 1.99. The highest BCUT2D eigenvalue weighted by Crippen LogP contribution is 2.27. The second kappa shape index (κ2) is 3.42. The van der Waals surface area contributed by atoms with Gasteiger partial charge in [-0.3, -0.25) is 0 Å². The molecule has 0 aliphatic rings. The molecule has 2 aromatic rings. The van der Waals surface area contributed by atoms with Crippen LogP contribution in [0.1, 0.15) is 11.3 Å². The summed E-state index contributed by atoms with van der Waals surface area (Å²) in [6, 6.07) is 5.39. The molecule has 0 aliphatic heterocycles. The Morgan fingerprint density at radius 3 is 2.53 bits per heavy atom. The zero-order chi connectivity index (χ0) is 11.0. The Labute approximate surface area is 89.0 Å². The van der Waals surface area contributed by atoms with Crippen molar-refractivity contribution in [3.8, 4) is 17.0 Å². The molecule has 0 radical (unpaired) electrons. The minimum atomic E-state index is 0.302. The van der Waals surface area contributed by atoms with Gasteiger partial charge in [-0.15, -0.1) is 0 Å². The summed E-state index contributed by atoms with van der Waals surface area (Å²) >= 11 is 0. The van der Waals surface area contributed by atoms with Crippen LogP contribution in [-0.4, -0.2) is 14.7 Å². The number of hydrogen-bond donors (Lipinski definition) is 1. The molecule has 0 unspecified atom stereocenters. The maximum atomic E-state index is 9.35. The van der Waals surface area contributed by atoms with Gasteiger partial charge in [0.05, 0.1) is 17.7 Å². The number of aromatic nitrogens is 2. The molecule has 0 fully saturated rings. The van der Waals surface area contributed by atoms with Gasteiger partial charge < -0.3 is 9.67 Å². The van der Waals surface area contributed by atoms with Crippen molar-refractivity contribution in [2.45, 2.75) is 13.8 Å². The fourth-order valence-electron chi connectivity index (χ4n) is 1.85. The molecule has 0 amide bonds. The average molecular weight is 202 g/mol. The number of benzene rings is 1. The zero-order valence-corrected chi connectivity index (χ0v) is 9.15. The Kier molecular flexibility index (Phi) is 2.23. The van der Waals surface area contributed by atoms with E-state index in [-0.39, 0.29) is 0 Å². The number of phenolic OH excluding ortho intramolecular Hbond substituents is 1. The minimum absolute atomic E-state index is 0.302. The van der Waals surface area contributed by atoms with Crippen LogP contribution in [0.15, 0.2) is 24.5 Å². The number of nitrogens with zero attached hydrogens (tertiary/aromatic N) is 2. The van der Waals surface area contributed by atoms with Gasteiger partial charge in [0, 0.05) is 12.6 Å². The Hall–Kier alpha value is -1.77. The first-order valence-corrected chi connectivity index (χ1v) is 4.87. The lowest BCUT2D eigenvalue weighted by atomic mass is 10.0. The van der Waals surface area contributed by atoms with Crippen LogP contribution >= 0.6 is 0 Å². The highest BCUT2D eigenvalue weighted by atomic mass is 16.3. The zero-order valence-electron chi connectivity index (χ0n) is 9.15. The molecular weight excluding hydrogens is 188 g/mol. The molecule has 2 rings (SSSR count). The molecule has 78 valence electrons. The smallest absolute Gasteiger partial charge is 0.115 e. The molecule has 15 heavy (non-hydrogen) atoms. The topological polar surface area (TPSA) is 38.1 Å². The number of phenols is 1. The van der Waals surface area contributed by atoms with Gasteiger partial charge in [0.15, 0.2) is 0 Å². The highest BCUT2D eigenvalue weighted by molar-refractivity contribution is 5.67. The van der Waals surface area contributed by atoms with E-state index in [0.717, 1.165) is 22.5 Å². The van der Waals surface area contributed by atoms with E-state index in [2.05, 4.69) is 4.98 Å². The van der Waals surface area contributed by atoms with Crippen molar-refractivity contribution in [3.05, 3.63) is 35.8 Å². The third-order valence-corrected chi connectivity index (χ3v) is 2.59. The fourth-order valence-corrected chi connectivity index (χ4v) is 1.85. The van der Waals surface area contributed by atoms with Gasteiger partial charge in [-0.2, -0.15) is 0 Å². The lowest BCUT2D eigenvalue weighted by Gasteiger charge is -2.08. The Morgan fingerprint density at radius 2 is 2.00 bits per heavy atom. The first-order valence-electron chi connectivity index (χ1n) is 4.87. The van der Waals surface area contributed by atoms with Crippen molar-refractivity contribution in [1.82, 2.24) is 9.55 Å². The van der Waals surface area contributed by atoms with Gasteiger partial charge in [0.2, 0.25) is 0 Å². The molecule has 3 nitrogen and oxygen atoms in total. The van der Waals surface area contributed by atoms with Crippen LogP contribution in [0.25, 0.3) is 11.3 Å². The van der Waals surface area contributed by atoms with E-state index in [0.29, 0.717) is 5.75 Å². The first kappa shape index (κ1) is 9.77. The Bertz CT molecular complexity index is 481. The van der Waals surface area contributed by atoms with Gasteiger partial charge in [-0.1, -0.05) is 0 Å². The third-order valence-electron chi connectivity index (χ3n) is 2.59. The van der Waals surface area contributed by atoms with E-state index in [9.17, 15) is 5.11 Å². The molecule has 0 aliphatic carbocycles. The summed E-state index contributed by atoms with van der Waals surface area (Å²) in [6.45, 7) is 3.98. The number of imidazole rings is 1. The predicted octanol–water partition coefficient (Wildman–Crippen LogP) is 2.41. The summed E-state index contributed by atoms with van der Waals surface area (Å²) in [7, 11) is 1.97. The second-order valence-corrected chi connectivity index (χ2v) is 3.79. The van der Waals surface area contributed by atoms with Crippen LogP contribution in [0.4, 0.5) is 0 Å². The van der Waals surface area contributed by atoms with Crippen molar-refractivity contribution in [2.75, 3.05) is 0 Å². The molecule has 1 N–H and O–H groups in total. The predicted molar refractivity (Wildman–Crippen MR) is 59.8 cm³/mol. The van der Waals surface area contributed by atoms with Crippen molar-refractivity contribution in [1.29, 1.82) is 0 Å². The minimum Gasteiger partial charge on any atom is -0.508 e. The normalized spacial score (nSPS) is 10.6. The van der Waals surface area contributed by atoms with Crippen LogP contribution in [0.2, 0.25) is 0 Å². The molecule has 1 heterocycles. The van der Waals surface area contributed by atoms with Crippen molar-refractivity contribution in [2.24, 2.45) is 7.05 Å². The summed E-state index contributed by atoms with van der Waals surface area (Å²) in [4.78, 5) is 4.26. The van der Waals surface area contributed by atoms with Crippen LogP contribution in [-0.2, 0) is 7.05 Å². The van der Waals surface area contributed by atoms with E-state index in [1.807, 2.05) is 31.5 Å². The summed E-state index contributed by atoms with van der Waals surface area (Å²) in [5.74, 6) is 0.302. The molecule has 0 saturated carbocycles. The van der Waals surface area contributed by atoms with Gasteiger partial charge in [0.25, 0.3) is 0 Å². The molecule has 0 spiro atoms. The molecule has 0 saturated heterocycles. The lowest BCUT2D eigenvalue weighted by molar-refractivity contribution is 0.475. The summed E-state index contributed by atoms with van der Waals surface area (Å²) in [5, 5.41) is 9.35. The summed E-state index contributed by atoms with van der Waals surface area (Å²) in [5.41, 5.74) is 4.28. The van der Waals surface area contributed by atoms with Crippen LogP contribution in [0.3, 0.4) is 0 Å². The van der Waals surface area contributed by atoms with E-state index in [1.54, 1.807) is 18.5 Å². The number of aromatic hydroxyl groups is 1. The first-order chi connectivity index (χ1) is 7.09. The Morgan fingerprint density at radius 1 is 1.27 bits per heavy atom. The monoisotopic (exact) mass is 202 g/mol. The highest BCUT2D eigenvalue weighted by Gasteiger charge is 2.09. The summed E-state index contributed by atoms with van der Waals surface area (Å²) in [6.07, 6.45) is 1.80. The molecular formula is C12H14N2O. The van der Waals surface area contributed by atoms with Gasteiger partial charge in [-0.05, 0) is 37.6 Å².